The van der Waals surface area contributed by atoms with Crippen LogP contribution in [0, 0.1) is 0 Å². The average Bonchev–Trinajstić information content (AvgIpc) is 2.99. The van der Waals surface area contributed by atoms with Gasteiger partial charge in [0.15, 0.2) is 6.10 Å². The molecule has 1 amide bonds. The number of methoxy groups -OCH3 is 1. The lowest BCUT2D eigenvalue weighted by Gasteiger charge is -2.17. The summed E-state index contributed by atoms with van der Waals surface area (Å²) in [7, 11) is 4.74. The Morgan fingerprint density at radius 2 is 1.92 bits per heavy atom. The van der Waals surface area contributed by atoms with Gasteiger partial charge in [-0.3, -0.25) is 9.20 Å². The molecule has 6 nitrogen and oxygen atoms in total. The van der Waals surface area contributed by atoms with Gasteiger partial charge in [-0.1, -0.05) is 23.7 Å². The Kier molecular flexibility index (Phi) is 4.65. The minimum Gasteiger partial charge on any atom is -0.495 e. The molecular formula is C18H18ClN3O3. The number of ether oxygens (including phenoxy) is 1. The van der Waals surface area contributed by atoms with Crippen LogP contribution in [0.5, 0.6) is 5.75 Å². The van der Waals surface area contributed by atoms with E-state index in [1.165, 1.54) is 4.90 Å². The molecule has 1 atom stereocenters. The summed E-state index contributed by atoms with van der Waals surface area (Å²) >= 11 is 5.96. The average molecular weight is 360 g/mol. The van der Waals surface area contributed by atoms with Crippen LogP contribution in [0.4, 0.5) is 0 Å². The Bertz CT molecular complexity index is 919. The van der Waals surface area contributed by atoms with E-state index in [1.54, 1.807) is 68.2 Å². The molecule has 0 bridgehead atoms. The fourth-order valence-corrected chi connectivity index (χ4v) is 2.73. The van der Waals surface area contributed by atoms with Crippen molar-refractivity contribution < 1.29 is 14.6 Å². The van der Waals surface area contributed by atoms with Gasteiger partial charge in [0, 0.05) is 24.7 Å². The lowest BCUT2D eigenvalue weighted by Crippen LogP contribution is -2.29. The Morgan fingerprint density at radius 3 is 2.52 bits per heavy atom. The first-order chi connectivity index (χ1) is 11.9. The van der Waals surface area contributed by atoms with E-state index < -0.39 is 12.0 Å². The maximum atomic E-state index is 12.4. The second kappa shape index (κ2) is 6.74. The van der Waals surface area contributed by atoms with Gasteiger partial charge in [0.2, 0.25) is 0 Å². The van der Waals surface area contributed by atoms with Gasteiger partial charge < -0.3 is 14.7 Å². The lowest BCUT2D eigenvalue weighted by molar-refractivity contribution is -0.138. The fraction of sp³-hybridized carbons (Fsp3) is 0.222. The van der Waals surface area contributed by atoms with E-state index >= 15 is 0 Å². The van der Waals surface area contributed by atoms with Gasteiger partial charge in [-0.05, 0) is 24.3 Å². The predicted octanol–water partition coefficient (Wildman–Crippen LogP) is 2.78. The number of carbonyl (C=O) groups is 1. The minimum atomic E-state index is -1.36. The predicted molar refractivity (Wildman–Crippen MR) is 95.8 cm³/mol. The van der Waals surface area contributed by atoms with Gasteiger partial charge in [-0.15, -0.1) is 0 Å². The third-order valence-electron chi connectivity index (χ3n) is 3.92. The van der Waals surface area contributed by atoms with E-state index in [0.717, 1.165) is 5.56 Å². The number of aromatic nitrogens is 2. The molecule has 1 aromatic carbocycles. The molecule has 7 heteroatoms. The number of nitrogens with zero attached hydrogens (tertiary/aromatic N) is 3. The number of hydrogen-bond donors (Lipinski definition) is 1. The van der Waals surface area contributed by atoms with Gasteiger partial charge in [0.25, 0.3) is 5.91 Å². The molecule has 2 aromatic heterocycles. The Labute approximate surface area is 150 Å². The van der Waals surface area contributed by atoms with Crippen molar-refractivity contribution in [3.05, 3.63) is 53.3 Å². The number of rotatable bonds is 4. The molecule has 0 fully saturated rings. The van der Waals surface area contributed by atoms with Gasteiger partial charge >= 0.3 is 0 Å². The number of carbonyl (C=O) groups excluding carboxylic acids is 1. The van der Waals surface area contributed by atoms with Crippen LogP contribution in [0.1, 0.15) is 11.8 Å². The van der Waals surface area contributed by atoms with Crippen molar-refractivity contribution in [3.63, 3.8) is 0 Å². The zero-order chi connectivity index (χ0) is 18.1. The maximum absolute atomic E-state index is 12.4. The number of benzene rings is 1. The zero-order valence-corrected chi connectivity index (χ0v) is 14.9. The van der Waals surface area contributed by atoms with Crippen LogP contribution in [0.25, 0.3) is 16.9 Å². The van der Waals surface area contributed by atoms with Crippen LogP contribution in [0.2, 0.25) is 5.02 Å². The van der Waals surface area contributed by atoms with E-state index in [9.17, 15) is 9.90 Å². The van der Waals surface area contributed by atoms with Crippen LogP contribution >= 0.6 is 11.6 Å². The summed E-state index contributed by atoms with van der Waals surface area (Å²) in [5.41, 5.74) is 2.27. The normalized spacial score (nSPS) is 12.2. The highest BCUT2D eigenvalue weighted by Crippen LogP contribution is 2.31. The van der Waals surface area contributed by atoms with Crippen molar-refractivity contribution in [1.82, 2.24) is 14.3 Å². The zero-order valence-electron chi connectivity index (χ0n) is 14.1. The van der Waals surface area contributed by atoms with Gasteiger partial charge in [0.05, 0.1) is 24.7 Å². The highest BCUT2D eigenvalue weighted by Gasteiger charge is 2.27. The second-order valence-corrected chi connectivity index (χ2v) is 6.22. The summed E-state index contributed by atoms with van der Waals surface area (Å²) < 4.78 is 6.93. The Morgan fingerprint density at radius 1 is 1.24 bits per heavy atom. The van der Waals surface area contributed by atoms with Crippen molar-refractivity contribution >= 4 is 23.2 Å². The standard InChI is InChI=1S/C18H18ClN3O3/c1-21(2)18(24)17(23)16-15(11-4-6-12(19)7-5-11)20-14-9-8-13(25-3)10-22(14)16/h4-10,17,23H,1-3H3. The number of imidazole rings is 1. The SMILES string of the molecule is COc1ccc2nc(-c3ccc(Cl)cc3)c(C(O)C(=O)N(C)C)n2c1. The van der Waals surface area contributed by atoms with Crippen molar-refractivity contribution in [2.75, 3.05) is 21.2 Å². The third kappa shape index (κ3) is 3.18. The molecule has 0 aliphatic carbocycles. The fourth-order valence-electron chi connectivity index (χ4n) is 2.61. The molecule has 0 aliphatic heterocycles. The summed E-state index contributed by atoms with van der Waals surface area (Å²) in [6.07, 6.45) is 0.339. The van der Waals surface area contributed by atoms with Crippen LogP contribution < -0.4 is 4.74 Å². The number of halogens is 1. The van der Waals surface area contributed by atoms with Gasteiger partial charge in [-0.2, -0.15) is 0 Å². The number of aliphatic hydroxyl groups is 1. The number of aliphatic hydroxyl groups excluding tert-OH is 1. The van der Waals surface area contributed by atoms with Crippen molar-refractivity contribution in [2.45, 2.75) is 6.10 Å². The number of fused-ring (bicyclic) bond motifs is 1. The molecule has 0 aliphatic rings. The molecular weight excluding hydrogens is 342 g/mol. The van der Waals surface area contributed by atoms with Crippen LogP contribution in [-0.4, -0.2) is 46.5 Å². The van der Waals surface area contributed by atoms with Crippen LogP contribution in [-0.2, 0) is 4.79 Å². The molecule has 1 N–H and O–H groups in total. The highest BCUT2D eigenvalue weighted by molar-refractivity contribution is 6.30. The Hall–Kier alpha value is -2.57. The highest BCUT2D eigenvalue weighted by atomic mass is 35.5. The minimum absolute atomic E-state index is 0.384. The molecule has 2 heterocycles. The molecule has 0 saturated carbocycles. The number of amides is 1. The topological polar surface area (TPSA) is 67.1 Å². The number of likely N-dealkylation sites (N-methyl/N-ethyl adjacent to an activating group) is 1. The molecule has 0 radical (unpaired) electrons. The molecule has 3 aromatic rings. The Balaban J connectivity index is 2.26. The van der Waals surface area contributed by atoms with Crippen LogP contribution in [0.15, 0.2) is 42.6 Å². The first-order valence-electron chi connectivity index (χ1n) is 7.63. The monoisotopic (exact) mass is 359 g/mol. The molecule has 1 unspecified atom stereocenters. The summed E-state index contributed by atoms with van der Waals surface area (Å²) in [4.78, 5) is 18.3. The van der Waals surface area contributed by atoms with Gasteiger partial charge in [0.1, 0.15) is 11.4 Å². The first-order valence-corrected chi connectivity index (χ1v) is 8.01. The molecule has 3 rings (SSSR count). The van der Waals surface area contributed by atoms with Gasteiger partial charge in [-0.25, -0.2) is 4.98 Å². The van der Waals surface area contributed by atoms with Crippen molar-refractivity contribution in [3.8, 4) is 17.0 Å². The summed E-state index contributed by atoms with van der Waals surface area (Å²) in [5, 5.41) is 11.3. The summed E-state index contributed by atoms with van der Waals surface area (Å²) in [6, 6.07) is 10.6. The quantitative estimate of drug-likeness (QED) is 0.777. The lowest BCUT2D eigenvalue weighted by atomic mass is 10.1. The molecule has 130 valence electrons. The van der Waals surface area contributed by atoms with Crippen molar-refractivity contribution in [1.29, 1.82) is 0 Å². The van der Waals surface area contributed by atoms with E-state index in [2.05, 4.69) is 4.98 Å². The van der Waals surface area contributed by atoms with E-state index in [0.29, 0.717) is 27.8 Å². The second-order valence-electron chi connectivity index (χ2n) is 5.78. The van der Waals surface area contributed by atoms with E-state index in [-0.39, 0.29) is 0 Å². The van der Waals surface area contributed by atoms with Crippen molar-refractivity contribution in [2.24, 2.45) is 0 Å². The largest absolute Gasteiger partial charge is 0.495 e. The van der Waals surface area contributed by atoms with E-state index in [1.807, 2.05) is 0 Å². The van der Waals surface area contributed by atoms with E-state index in [4.69, 9.17) is 16.3 Å². The summed E-state index contributed by atoms with van der Waals surface area (Å²) in [6.45, 7) is 0. The molecule has 0 saturated heterocycles. The smallest absolute Gasteiger partial charge is 0.257 e. The first kappa shape index (κ1) is 17.3. The number of pyridine rings is 1. The number of hydrogen-bond acceptors (Lipinski definition) is 4. The summed E-state index contributed by atoms with van der Waals surface area (Å²) in [5.74, 6) is 0.165. The van der Waals surface area contributed by atoms with Crippen LogP contribution in [0.3, 0.4) is 0 Å². The third-order valence-corrected chi connectivity index (χ3v) is 4.17. The molecule has 25 heavy (non-hydrogen) atoms. The maximum Gasteiger partial charge on any atom is 0.257 e. The molecule has 0 spiro atoms.